The number of carbonyl (C=O) groups is 1. The van der Waals surface area contributed by atoms with Crippen LogP contribution in [0.5, 0.6) is 0 Å². The Morgan fingerprint density at radius 1 is 1.14 bits per heavy atom. The molecule has 0 radical (unpaired) electrons. The third-order valence-corrected chi connectivity index (χ3v) is 3.56. The number of rotatable bonds is 4. The highest BCUT2D eigenvalue weighted by atomic mass is 79.9. The van der Waals surface area contributed by atoms with Gasteiger partial charge in [-0.1, -0.05) is 28.1 Å². The van der Waals surface area contributed by atoms with E-state index in [-0.39, 0.29) is 12.8 Å². The van der Waals surface area contributed by atoms with Crippen molar-refractivity contribution in [1.82, 2.24) is 10.2 Å². The number of hydrogen-bond donors (Lipinski definition) is 1. The molecule has 0 aliphatic rings. The molecule has 0 saturated carbocycles. The summed E-state index contributed by atoms with van der Waals surface area (Å²) in [4.78, 5) is 10.5. The molecule has 0 bridgehead atoms. The Labute approximate surface area is 128 Å². The Kier molecular flexibility index (Phi) is 3.70. The van der Waals surface area contributed by atoms with Gasteiger partial charge >= 0.3 is 5.97 Å². The van der Waals surface area contributed by atoms with Gasteiger partial charge in [-0.2, -0.15) is 0 Å². The van der Waals surface area contributed by atoms with Crippen LogP contribution in [0.1, 0.15) is 12.3 Å². The minimum absolute atomic E-state index is 0.0205. The van der Waals surface area contributed by atoms with Gasteiger partial charge in [0, 0.05) is 16.5 Å². The number of fused-ring (bicyclic) bond motifs is 1. The molecule has 1 aromatic heterocycles. The maximum absolute atomic E-state index is 10.5. The van der Waals surface area contributed by atoms with Crippen LogP contribution in [0.2, 0.25) is 0 Å². The predicted molar refractivity (Wildman–Crippen MR) is 80.9 cm³/mol. The monoisotopic (exact) mass is 346 g/mol. The van der Waals surface area contributed by atoms with E-state index in [0.29, 0.717) is 11.8 Å². The highest BCUT2D eigenvalue weighted by Gasteiger charge is 2.10. The molecule has 0 saturated heterocycles. The largest absolute Gasteiger partial charge is 0.481 e. The molecule has 0 amide bonds. The van der Waals surface area contributed by atoms with E-state index in [1.165, 1.54) is 0 Å². The summed E-state index contributed by atoms with van der Waals surface area (Å²) in [6.07, 6.45) is 0.218. The first-order valence-corrected chi connectivity index (χ1v) is 7.15. The molecule has 5 nitrogen and oxygen atoms in total. The van der Waals surface area contributed by atoms with Crippen LogP contribution in [0, 0.1) is 0 Å². The fraction of sp³-hybridized carbons (Fsp3) is 0.133. The molecule has 3 rings (SSSR count). The summed E-state index contributed by atoms with van der Waals surface area (Å²) in [7, 11) is 0. The Morgan fingerprint density at radius 2 is 1.90 bits per heavy atom. The van der Waals surface area contributed by atoms with Crippen LogP contribution in [0.25, 0.3) is 22.2 Å². The number of hydrogen-bond acceptors (Lipinski definition) is 4. The number of benzene rings is 2. The highest BCUT2D eigenvalue weighted by Crippen LogP contribution is 2.26. The molecule has 6 heteroatoms. The van der Waals surface area contributed by atoms with Crippen molar-refractivity contribution >= 4 is 32.7 Å². The first kappa shape index (κ1) is 13.8. The van der Waals surface area contributed by atoms with Crippen LogP contribution in [0.4, 0.5) is 0 Å². The van der Waals surface area contributed by atoms with E-state index >= 15 is 0 Å². The van der Waals surface area contributed by atoms with Crippen LogP contribution in [-0.2, 0) is 11.2 Å². The third-order valence-electron chi connectivity index (χ3n) is 3.07. The average Bonchev–Trinajstić information content (AvgIpc) is 2.93. The van der Waals surface area contributed by atoms with Crippen molar-refractivity contribution in [2.75, 3.05) is 0 Å². The molecule has 2 aromatic carbocycles. The SMILES string of the molecule is O=C(O)CCc1nnc(-c2ccc3cc(Br)ccc3c2)o1. The normalized spacial score (nSPS) is 10.9. The van der Waals surface area contributed by atoms with Crippen molar-refractivity contribution < 1.29 is 14.3 Å². The summed E-state index contributed by atoms with van der Waals surface area (Å²) in [5.74, 6) is -0.144. The van der Waals surface area contributed by atoms with Crippen LogP contribution in [0.3, 0.4) is 0 Å². The molecular weight excluding hydrogens is 336 g/mol. The summed E-state index contributed by atoms with van der Waals surface area (Å²) in [5, 5.41) is 18.7. The zero-order valence-electron chi connectivity index (χ0n) is 10.9. The summed E-state index contributed by atoms with van der Waals surface area (Å²) in [5.41, 5.74) is 0.818. The first-order chi connectivity index (χ1) is 10.1. The van der Waals surface area contributed by atoms with Crippen LogP contribution in [0.15, 0.2) is 45.3 Å². The lowest BCUT2D eigenvalue weighted by atomic mass is 10.1. The van der Waals surface area contributed by atoms with Gasteiger partial charge in [0.05, 0.1) is 6.42 Å². The zero-order chi connectivity index (χ0) is 14.8. The van der Waals surface area contributed by atoms with E-state index < -0.39 is 5.97 Å². The number of aryl methyl sites for hydroxylation is 1. The van der Waals surface area contributed by atoms with Gasteiger partial charge in [0.2, 0.25) is 11.8 Å². The Bertz CT molecular complexity index is 814. The van der Waals surface area contributed by atoms with E-state index in [0.717, 1.165) is 20.8 Å². The third kappa shape index (κ3) is 3.11. The molecule has 3 aromatic rings. The molecule has 1 heterocycles. The smallest absolute Gasteiger partial charge is 0.303 e. The van der Waals surface area contributed by atoms with Gasteiger partial charge in [0.15, 0.2) is 0 Å². The predicted octanol–water partition coefficient (Wildman–Crippen LogP) is 3.67. The number of aliphatic carboxylic acids is 1. The van der Waals surface area contributed by atoms with Gasteiger partial charge in [0.1, 0.15) is 0 Å². The molecule has 0 fully saturated rings. The molecular formula is C15H11BrN2O3. The van der Waals surface area contributed by atoms with Crippen molar-refractivity contribution in [2.45, 2.75) is 12.8 Å². The minimum atomic E-state index is -0.883. The van der Waals surface area contributed by atoms with Gasteiger partial charge in [-0.15, -0.1) is 10.2 Å². The van der Waals surface area contributed by atoms with Crippen molar-refractivity contribution in [3.05, 3.63) is 46.8 Å². The second-order valence-electron chi connectivity index (χ2n) is 4.60. The number of nitrogens with zero attached hydrogens (tertiary/aromatic N) is 2. The number of halogens is 1. The second kappa shape index (κ2) is 5.65. The van der Waals surface area contributed by atoms with Gasteiger partial charge in [-0.25, -0.2) is 0 Å². The van der Waals surface area contributed by atoms with Crippen molar-refractivity contribution in [3.8, 4) is 11.5 Å². The lowest BCUT2D eigenvalue weighted by molar-refractivity contribution is -0.137. The van der Waals surface area contributed by atoms with Crippen molar-refractivity contribution in [1.29, 1.82) is 0 Å². The quantitative estimate of drug-likeness (QED) is 0.779. The summed E-state index contributed by atoms with van der Waals surface area (Å²) in [6, 6.07) is 11.9. The highest BCUT2D eigenvalue weighted by molar-refractivity contribution is 9.10. The summed E-state index contributed by atoms with van der Waals surface area (Å²) >= 11 is 3.44. The number of carboxylic acids is 1. The molecule has 0 aliphatic heterocycles. The lowest BCUT2D eigenvalue weighted by Gasteiger charge is -2.00. The van der Waals surface area contributed by atoms with Gasteiger partial charge in [0.25, 0.3) is 0 Å². The minimum Gasteiger partial charge on any atom is -0.481 e. The van der Waals surface area contributed by atoms with Crippen molar-refractivity contribution in [2.24, 2.45) is 0 Å². The van der Waals surface area contributed by atoms with Crippen LogP contribution in [-0.4, -0.2) is 21.3 Å². The average molecular weight is 347 g/mol. The number of aromatic nitrogens is 2. The van der Waals surface area contributed by atoms with Crippen LogP contribution < -0.4 is 0 Å². The molecule has 1 N–H and O–H groups in total. The fourth-order valence-corrected chi connectivity index (χ4v) is 2.41. The maximum Gasteiger partial charge on any atom is 0.303 e. The molecule has 0 spiro atoms. The van der Waals surface area contributed by atoms with E-state index in [1.54, 1.807) is 0 Å². The fourth-order valence-electron chi connectivity index (χ4n) is 2.03. The lowest BCUT2D eigenvalue weighted by Crippen LogP contribution is -1.97. The molecule has 0 atom stereocenters. The first-order valence-electron chi connectivity index (χ1n) is 6.36. The second-order valence-corrected chi connectivity index (χ2v) is 5.52. The molecule has 0 unspecified atom stereocenters. The van der Waals surface area contributed by atoms with Gasteiger partial charge in [-0.05, 0) is 35.0 Å². The Morgan fingerprint density at radius 3 is 2.71 bits per heavy atom. The standard InChI is InChI=1S/C15H11BrN2O3/c16-12-4-3-9-7-11(2-1-10(9)8-12)15-18-17-13(21-15)5-6-14(19)20/h1-4,7-8H,5-6H2,(H,19,20). The van der Waals surface area contributed by atoms with Crippen LogP contribution >= 0.6 is 15.9 Å². The molecule has 0 aliphatic carbocycles. The maximum atomic E-state index is 10.5. The Hall–Kier alpha value is -2.21. The van der Waals surface area contributed by atoms with Gasteiger partial charge in [-0.3, -0.25) is 4.79 Å². The van der Waals surface area contributed by atoms with E-state index in [4.69, 9.17) is 9.52 Å². The van der Waals surface area contributed by atoms with E-state index in [9.17, 15) is 4.79 Å². The molecule has 21 heavy (non-hydrogen) atoms. The number of carboxylic acid groups (broad SMARTS) is 1. The van der Waals surface area contributed by atoms with Gasteiger partial charge < -0.3 is 9.52 Å². The van der Waals surface area contributed by atoms with Crippen molar-refractivity contribution in [3.63, 3.8) is 0 Å². The summed E-state index contributed by atoms with van der Waals surface area (Å²) < 4.78 is 6.52. The molecule has 106 valence electrons. The topological polar surface area (TPSA) is 76.2 Å². The Balaban J connectivity index is 1.89. The zero-order valence-corrected chi connectivity index (χ0v) is 12.5. The van der Waals surface area contributed by atoms with E-state index in [2.05, 4.69) is 26.1 Å². The van der Waals surface area contributed by atoms with E-state index in [1.807, 2.05) is 36.4 Å². The summed E-state index contributed by atoms with van der Waals surface area (Å²) in [6.45, 7) is 0.